The molecule has 0 spiro atoms. The first-order valence-corrected chi connectivity index (χ1v) is 8.50. The lowest BCUT2D eigenvalue weighted by Crippen LogP contribution is -2.53. The molecule has 5 nitrogen and oxygen atoms in total. The molecule has 1 amide bonds. The van der Waals surface area contributed by atoms with Gasteiger partial charge in [0.2, 0.25) is 5.91 Å². The van der Waals surface area contributed by atoms with Gasteiger partial charge in [0.25, 0.3) is 0 Å². The van der Waals surface area contributed by atoms with E-state index in [-0.39, 0.29) is 12.0 Å². The third kappa shape index (κ3) is 3.85. The Labute approximate surface area is 137 Å². The molecule has 1 saturated carbocycles. The first-order chi connectivity index (χ1) is 11.2. The van der Waals surface area contributed by atoms with Crippen LogP contribution in [-0.4, -0.2) is 66.2 Å². The van der Waals surface area contributed by atoms with Crippen molar-refractivity contribution < 1.29 is 14.6 Å². The molecule has 5 heteroatoms. The number of hydrogen-bond acceptors (Lipinski definition) is 4. The lowest BCUT2D eigenvalue weighted by molar-refractivity contribution is -0.132. The van der Waals surface area contributed by atoms with Crippen molar-refractivity contribution in [2.75, 3.05) is 33.3 Å². The van der Waals surface area contributed by atoms with Crippen molar-refractivity contribution in [2.45, 2.75) is 37.8 Å². The zero-order chi connectivity index (χ0) is 16.2. The largest absolute Gasteiger partial charge is 0.497 e. The van der Waals surface area contributed by atoms with Gasteiger partial charge in [0.1, 0.15) is 5.75 Å². The van der Waals surface area contributed by atoms with E-state index in [1.165, 1.54) is 0 Å². The number of aliphatic hydroxyl groups is 1. The Morgan fingerprint density at radius 3 is 2.43 bits per heavy atom. The molecule has 23 heavy (non-hydrogen) atoms. The second-order valence-corrected chi connectivity index (χ2v) is 6.51. The molecular formula is C18H26N2O3. The van der Waals surface area contributed by atoms with Crippen LogP contribution >= 0.6 is 0 Å². The van der Waals surface area contributed by atoms with Gasteiger partial charge in [-0.2, -0.15) is 0 Å². The minimum atomic E-state index is -0.184. The van der Waals surface area contributed by atoms with Crippen LogP contribution in [0, 0.1) is 0 Å². The summed E-state index contributed by atoms with van der Waals surface area (Å²) in [6.07, 6.45) is 3.37. The lowest BCUT2D eigenvalue weighted by Gasteiger charge is -2.39. The van der Waals surface area contributed by atoms with E-state index in [9.17, 15) is 9.90 Å². The van der Waals surface area contributed by atoms with Crippen LogP contribution in [0.25, 0.3) is 0 Å². The molecule has 126 valence electrons. The van der Waals surface area contributed by atoms with Gasteiger partial charge >= 0.3 is 0 Å². The van der Waals surface area contributed by atoms with Gasteiger partial charge in [0.05, 0.1) is 19.6 Å². The Morgan fingerprint density at radius 1 is 1.17 bits per heavy atom. The van der Waals surface area contributed by atoms with E-state index in [1.807, 2.05) is 29.2 Å². The Morgan fingerprint density at radius 2 is 1.87 bits per heavy atom. The summed E-state index contributed by atoms with van der Waals surface area (Å²) >= 11 is 0. The number of carbonyl (C=O) groups is 1. The number of piperazine rings is 1. The van der Waals surface area contributed by atoms with Gasteiger partial charge in [-0.05, 0) is 37.0 Å². The maximum Gasteiger partial charge on any atom is 0.227 e. The van der Waals surface area contributed by atoms with E-state index >= 15 is 0 Å². The summed E-state index contributed by atoms with van der Waals surface area (Å²) in [6, 6.07) is 7.97. The third-order valence-electron chi connectivity index (χ3n) is 5.09. The molecule has 2 atom stereocenters. The van der Waals surface area contributed by atoms with Gasteiger partial charge in [0, 0.05) is 32.2 Å². The van der Waals surface area contributed by atoms with Gasteiger partial charge < -0.3 is 14.7 Å². The second kappa shape index (κ2) is 7.32. The number of aliphatic hydroxyl groups excluding tert-OH is 1. The molecule has 0 unspecified atom stereocenters. The Hall–Kier alpha value is -1.59. The van der Waals surface area contributed by atoms with E-state index in [2.05, 4.69) is 4.90 Å². The Kier molecular flexibility index (Phi) is 5.18. The van der Waals surface area contributed by atoms with Crippen LogP contribution < -0.4 is 4.74 Å². The van der Waals surface area contributed by atoms with Crippen LogP contribution in [0.15, 0.2) is 24.3 Å². The fraction of sp³-hybridized carbons (Fsp3) is 0.611. The molecule has 1 aliphatic heterocycles. The summed E-state index contributed by atoms with van der Waals surface area (Å²) < 4.78 is 5.14. The maximum atomic E-state index is 12.4. The van der Waals surface area contributed by atoms with Crippen LogP contribution in [0.1, 0.15) is 24.8 Å². The minimum absolute atomic E-state index is 0.182. The fourth-order valence-corrected chi connectivity index (χ4v) is 3.68. The van der Waals surface area contributed by atoms with Gasteiger partial charge in [-0.3, -0.25) is 9.69 Å². The van der Waals surface area contributed by atoms with Crippen molar-refractivity contribution >= 4 is 5.91 Å². The van der Waals surface area contributed by atoms with Crippen LogP contribution in [-0.2, 0) is 11.2 Å². The number of methoxy groups -OCH3 is 1. The zero-order valence-electron chi connectivity index (χ0n) is 13.8. The highest BCUT2D eigenvalue weighted by atomic mass is 16.5. The summed E-state index contributed by atoms with van der Waals surface area (Å²) in [5, 5.41) is 10.0. The van der Waals surface area contributed by atoms with Crippen molar-refractivity contribution in [2.24, 2.45) is 0 Å². The molecule has 1 saturated heterocycles. The smallest absolute Gasteiger partial charge is 0.227 e. The van der Waals surface area contributed by atoms with Crippen molar-refractivity contribution in [3.05, 3.63) is 29.8 Å². The third-order valence-corrected chi connectivity index (χ3v) is 5.09. The molecule has 0 aromatic heterocycles. The molecule has 2 fully saturated rings. The summed E-state index contributed by atoms with van der Waals surface area (Å²) in [5.74, 6) is 0.992. The molecule has 2 aliphatic rings. The molecule has 1 N–H and O–H groups in total. The average molecular weight is 318 g/mol. The average Bonchev–Trinajstić information content (AvgIpc) is 3.02. The monoisotopic (exact) mass is 318 g/mol. The maximum absolute atomic E-state index is 12.4. The number of hydrogen-bond donors (Lipinski definition) is 1. The number of nitrogens with zero attached hydrogens (tertiary/aromatic N) is 2. The minimum Gasteiger partial charge on any atom is -0.497 e. The van der Waals surface area contributed by atoms with Gasteiger partial charge in [-0.15, -0.1) is 0 Å². The highest BCUT2D eigenvalue weighted by Crippen LogP contribution is 2.25. The zero-order valence-corrected chi connectivity index (χ0v) is 13.8. The SMILES string of the molecule is COc1ccc(CC(=O)N2CCN([C@@H]3CCC[C@@H]3O)CC2)cc1. The molecule has 3 rings (SSSR count). The Balaban J connectivity index is 1.49. The van der Waals surface area contributed by atoms with Crippen molar-refractivity contribution in [3.8, 4) is 5.75 Å². The van der Waals surface area contributed by atoms with Crippen molar-refractivity contribution in [1.29, 1.82) is 0 Å². The highest BCUT2D eigenvalue weighted by molar-refractivity contribution is 5.79. The van der Waals surface area contributed by atoms with Crippen molar-refractivity contribution in [3.63, 3.8) is 0 Å². The molecule has 0 radical (unpaired) electrons. The van der Waals surface area contributed by atoms with Gasteiger partial charge in [-0.1, -0.05) is 12.1 Å². The quantitative estimate of drug-likeness (QED) is 0.909. The fourth-order valence-electron chi connectivity index (χ4n) is 3.68. The first-order valence-electron chi connectivity index (χ1n) is 8.50. The van der Waals surface area contributed by atoms with Crippen LogP contribution in [0.5, 0.6) is 5.75 Å². The van der Waals surface area contributed by atoms with E-state index in [1.54, 1.807) is 7.11 Å². The summed E-state index contributed by atoms with van der Waals surface area (Å²) in [4.78, 5) is 16.7. The molecule has 1 aliphatic carbocycles. The van der Waals surface area contributed by atoms with Crippen LogP contribution in [0.3, 0.4) is 0 Å². The lowest BCUT2D eigenvalue weighted by atomic mass is 10.1. The predicted octanol–water partition coefficient (Wildman–Crippen LogP) is 1.30. The predicted molar refractivity (Wildman–Crippen MR) is 88.5 cm³/mol. The second-order valence-electron chi connectivity index (χ2n) is 6.51. The molecule has 1 aromatic carbocycles. The highest BCUT2D eigenvalue weighted by Gasteiger charge is 2.33. The first kappa shape index (κ1) is 16.3. The number of carbonyl (C=O) groups excluding carboxylic acids is 1. The Bertz CT molecular complexity index is 524. The van der Waals surface area contributed by atoms with Crippen LogP contribution in [0.2, 0.25) is 0 Å². The van der Waals surface area contributed by atoms with E-state index in [0.717, 1.165) is 56.8 Å². The topological polar surface area (TPSA) is 53.0 Å². The normalized spacial score (nSPS) is 25.6. The molecule has 1 heterocycles. The summed E-state index contributed by atoms with van der Waals surface area (Å²) in [6.45, 7) is 3.27. The van der Waals surface area contributed by atoms with Crippen LogP contribution in [0.4, 0.5) is 0 Å². The van der Waals surface area contributed by atoms with Gasteiger partial charge in [0.15, 0.2) is 0 Å². The molecule has 1 aromatic rings. The van der Waals surface area contributed by atoms with E-state index in [4.69, 9.17) is 4.74 Å². The standard InChI is InChI=1S/C18H26N2O3/c1-23-15-7-5-14(6-8-15)13-18(22)20-11-9-19(10-12-20)16-3-2-4-17(16)21/h5-8,16-17,21H,2-4,9-13H2,1H3/t16-,17+/m1/s1. The number of benzene rings is 1. The molecular weight excluding hydrogens is 292 g/mol. The molecule has 0 bridgehead atoms. The van der Waals surface area contributed by atoms with Crippen molar-refractivity contribution in [1.82, 2.24) is 9.80 Å². The van der Waals surface area contributed by atoms with E-state index < -0.39 is 0 Å². The summed E-state index contributed by atoms with van der Waals surface area (Å²) in [5.41, 5.74) is 1.02. The number of ether oxygens (including phenoxy) is 1. The van der Waals surface area contributed by atoms with E-state index in [0.29, 0.717) is 12.5 Å². The van der Waals surface area contributed by atoms with Gasteiger partial charge in [-0.25, -0.2) is 0 Å². The number of amides is 1. The number of rotatable bonds is 4. The summed E-state index contributed by atoms with van der Waals surface area (Å²) in [7, 11) is 1.64.